The molecule has 1 aromatic carbocycles. The summed E-state index contributed by atoms with van der Waals surface area (Å²) in [4.78, 5) is 22.9. The molecule has 0 saturated carbocycles. The standard InChI is InChI=1S/C15H11F2N3O3/c16-10-5-9(6-11(17)7-10)12-8-13-15(23)19(2-1-14(21)22)3-4-20(13)18-12/h3-8H,1-2H2,(H,21,22). The number of hydrogen-bond acceptors (Lipinski definition) is 3. The van der Waals surface area contributed by atoms with Gasteiger partial charge in [0.05, 0.1) is 12.1 Å². The second kappa shape index (κ2) is 5.64. The third-order valence-electron chi connectivity index (χ3n) is 3.33. The second-order valence-electron chi connectivity index (χ2n) is 4.96. The summed E-state index contributed by atoms with van der Waals surface area (Å²) < 4.78 is 29.1. The van der Waals surface area contributed by atoms with Crippen LogP contribution in [0.5, 0.6) is 0 Å². The number of hydrogen-bond donors (Lipinski definition) is 1. The summed E-state index contributed by atoms with van der Waals surface area (Å²) in [5, 5.41) is 12.8. The van der Waals surface area contributed by atoms with Crippen molar-refractivity contribution in [3.05, 3.63) is 58.6 Å². The quantitative estimate of drug-likeness (QED) is 0.797. The summed E-state index contributed by atoms with van der Waals surface area (Å²) >= 11 is 0. The van der Waals surface area contributed by atoms with Gasteiger partial charge < -0.3 is 9.67 Å². The van der Waals surface area contributed by atoms with Crippen molar-refractivity contribution in [2.75, 3.05) is 0 Å². The average Bonchev–Trinajstić information content (AvgIpc) is 2.90. The molecule has 0 aliphatic carbocycles. The molecule has 0 spiro atoms. The highest BCUT2D eigenvalue weighted by molar-refractivity contribution is 5.67. The van der Waals surface area contributed by atoms with E-state index in [-0.39, 0.29) is 29.7 Å². The number of carbonyl (C=O) groups is 1. The van der Waals surface area contributed by atoms with Gasteiger partial charge in [0.25, 0.3) is 5.56 Å². The highest BCUT2D eigenvalue weighted by Crippen LogP contribution is 2.20. The Morgan fingerprint density at radius 2 is 1.83 bits per heavy atom. The maximum absolute atomic E-state index is 13.3. The lowest BCUT2D eigenvalue weighted by molar-refractivity contribution is -0.137. The maximum Gasteiger partial charge on any atom is 0.305 e. The van der Waals surface area contributed by atoms with Gasteiger partial charge in [-0.3, -0.25) is 9.59 Å². The minimum atomic E-state index is -1.01. The van der Waals surface area contributed by atoms with Crippen LogP contribution < -0.4 is 5.56 Å². The van der Waals surface area contributed by atoms with Crippen LogP contribution in [0.4, 0.5) is 8.78 Å². The number of rotatable bonds is 4. The van der Waals surface area contributed by atoms with E-state index >= 15 is 0 Å². The summed E-state index contributed by atoms with van der Waals surface area (Å²) in [7, 11) is 0. The first-order chi connectivity index (χ1) is 10.9. The fraction of sp³-hybridized carbons (Fsp3) is 0.133. The Kier molecular flexibility index (Phi) is 3.65. The molecule has 0 fully saturated rings. The van der Waals surface area contributed by atoms with Gasteiger partial charge in [-0.15, -0.1) is 0 Å². The molecule has 6 nitrogen and oxygen atoms in total. The summed E-state index contributed by atoms with van der Waals surface area (Å²) in [5.74, 6) is -2.49. The van der Waals surface area contributed by atoms with Gasteiger partial charge in [0.15, 0.2) is 0 Å². The molecule has 0 radical (unpaired) electrons. The van der Waals surface area contributed by atoms with E-state index in [2.05, 4.69) is 5.10 Å². The van der Waals surface area contributed by atoms with Crippen molar-refractivity contribution in [2.45, 2.75) is 13.0 Å². The number of halogens is 2. The van der Waals surface area contributed by atoms with E-state index in [1.165, 1.54) is 27.5 Å². The van der Waals surface area contributed by atoms with Crippen molar-refractivity contribution in [1.29, 1.82) is 0 Å². The summed E-state index contributed by atoms with van der Waals surface area (Å²) in [5.41, 5.74) is 0.223. The first-order valence-electron chi connectivity index (χ1n) is 6.71. The minimum Gasteiger partial charge on any atom is -0.481 e. The smallest absolute Gasteiger partial charge is 0.305 e. The highest BCUT2D eigenvalue weighted by Gasteiger charge is 2.11. The number of aryl methyl sites for hydroxylation is 1. The van der Waals surface area contributed by atoms with Gasteiger partial charge in [-0.1, -0.05) is 0 Å². The van der Waals surface area contributed by atoms with E-state index in [1.807, 2.05) is 0 Å². The fourth-order valence-electron chi connectivity index (χ4n) is 2.26. The molecule has 23 heavy (non-hydrogen) atoms. The zero-order valence-corrected chi connectivity index (χ0v) is 11.7. The number of fused-ring (bicyclic) bond motifs is 1. The van der Waals surface area contributed by atoms with E-state index in [4.69, 9.17) is 5.11 Å². The van der Waals surface area contributed by atoms with Crippen LogP contribution in [0.2, 0.25) is 0 Å². The largest absolute Gasteiger partial charge is 0.481 e. The fourth-order valence-corrected chi connectivity index (χ4v) is 2.26. The van der Waals surface area contributed by atoms with Crippen molar-refractivity contribution in [3.8, 4) is 11.3 Å². The van der Waals surface area contributed by atoms with Crippen LogP contribution >= 0.6 is 0 Å². The third kappa shape index (κ3) is 2.96. The van der Waals surface area contributed by atoms with Gasteiger partial charge in [0.1, 0.15) is 17.2 Å². The Morgan fingerprint density at radius 3 is 2.48 bits per heavy atom. The Hall–Kier alpha value is -3.03. The predicted octanol–water partition coefficient (Wildman–Crippen LogP) is 1.92. The average molecular weight is 319 g/mol. The van der Waals surface area contributed by atoms with E-state index in [9.17, 15) is 18.4 Å². The van der Waals surface area contributed by atoms with Crippen molar-refractivity contribution in [3.63, 3.8) is 0 Å². The third-order valence-corrected chi connectivity index (χ3v) is 3.33. The molecule has 0 aliphatic rings. The lowest BCUT2D eigenvalue weighted by Gasteiger charge is -2.03. The summed E-state index contributed by atoms with van der Waals surface area (Å²) in [6.07, 6.45) is 2.71. The van der Waals surface area contributed by atoms with E-state index in [0.29, 0.717) is 0 Å². The number of carboxylic acids is 1. The van der Waals surface area contributed by atoms with E-state index in [0.717, 1.165) is 18.2 Å². The van der Waals surface area contributed by atoms with Gasteiger partial charge in [0, 0.05) is 30.6 Å². The minimum absolute atomic E-state index is 0.0276. The van der Waals surface area contributed by atoms with Crippen molar-refractivity contribution in [2.24, 2.45) is 0 Å². The molecule has 118 valence electrons. The molecule has 3 rings (SSSR count). The normalized spacial score (nSPS) is 11.0. The molecule has 0 bridgehead atoms. The molecular formula is C15H11F2N3O3. The van der Waals surface area contributed by atoms with Crippen LogP contribution in [0.15, 0.2) is 41.5 Å². The molecule has 1 N–H and O–H groups in total. The molecular weight excluding hydrogens is 308 g/mol. The monoisotopic (exact) mass is 319 g/mol. The number of aromatic nitrogens is 3. The zero-order chi connectivity index (χ0) is 16.6. The van der Waals surface area contributed by atoms with Gasteiger partial charge >= 0.3 is 5.97 Å². The van der Waals surface area contributed by atoms with E-state index in [1.54, 1.807) is 0 Å². The van der Waals surface area contributed by atoms with Gasteiger partial charge in [-0.2, -0.15) is 5.10 Å². The summed E-state index contributed by atoms with van der Waals surface area (Å²) in [6, 6.07) is 4.40. The molecule has 2 heterocycles. The number of benzene rings is 1. The van der Waals surface area contributed by atoms with Gasteiger partial charge in [0.2, 0.25) is 0 Å². The summed E-state index contributed by atoms with van der Waals surface area (Å²) in [6.45, 7) is 0.0276. The number of aliphatic carboxylic acids is 1. The molecule has 0 unspecified atom stereocenters. The van der Waals surface area contributed by atoms with Crippen LogP contribution in [0, 0.1) is 11.6 Å². The Balaban J connectivity index is 2.06. The lowest BCUT2D eigenvalue weighted by Crippen LogP contribution is -2.22. The Bertz CT molecular complexity index is 942. The Labute approximate surface area is 128 Å². The second-order valence-corrected chi connectivity index (χ2v) is 4.96. The highest BCUT2D eigenvalue weighted by atomic mass is 19.1. The van der Waals surface area contributed by atoms with Crippen molar-refractivity contribution >= 4 is 11.5 Å². The van der Waals surface area contributed by atoms with Crippen molar-refractivity contribution < 1.29 is 18.7 Å². The molecule has 0 amide bonds. The van der Waals surface area contributed by atoms with Crippen molar-refractivity contribution in [1.82, 2.24) is 14.2 Å². The number of nitrogens with zero attached hydrogens (tertiary/aromatic N) is 3. The van der Waals surface area contributed by atoms with Crippen LogP contribution in [-0.4, -0.2) is 25.3 Å². The first kappa shape index (κ1) is 14.9. The topological polar surface area (TPSA) is 76.6 Å². The van der Waals surface area contributed by atoms with E-state index < -0.39 is 23.2 Å². The van der Waals surface area contributed by atoms with Crippen LogP contribution in [0.1, 0.15) is 6.42 Å². The molecule has 3 aromatic rings. The van der Waals surface area contributed by atoms with Gasteiger partial charge in [-0.25, -0.2) is 13.3 Å². The maximum atomic E-state index is 13.3. The number of carboxylic acid groups (broad SMARTS) is 1. The molecule has 8 heteroatoms. The molecule has 2 aromatic heterocycles. The predicted molar refractivity (Wildman–Crippen MR) is 77.1 cm³/mol. The zero-order valence-electron chi connectivity index (χ0n) is 11.7. The lowest BCUT2D eigenvalue weighted by atomic mass is 10.1. The molecule has 0 aliphatic heterocycles. The van der Waals surface area contributed by atoms with Crippen LogP contribution in [0.3, 0.4) is 0 Å². The van der Waals surface area contributed by atoms with Crippen LogP contribution in [-0.2, 0) is 11.3 Å². The Morgan fingerprint density at radius 1 is 1.13 bits per heavy atom. The molecule has 0 atom stereocenters. The van der Waals surface area contributed by atoms with Gasteiger partial charge in [-0.05, 0) is 18.2 Å². The first-order valence-corrected chi connectivity index (χ1v) is 6.71. The van der Waals surface area contributed by atoms with Crippen LogP contribution in [0.25, 0.3) is 16.8 Å². The molecule has 0 saturated heterocycles. The SMILES string of the molecule is O=C(O)CCn1ccn2nc(-c3cc(F)cc(F)c3)cc2c1=O.